The van der Waals surface area contributed by atoms with E-state index >= 15 is 0 Å². The smallest absolute Gasteiger partial charge is 0.333 e. The van der Waals surface area contributed by atoms with Crippen molar-refractivity contribution in [1.29, 1.82) is 0 Å². The number of aryl methyl sites for hydroxylation is 1. The Labute approximate surface area is 221 Å². The van der Waals surface area contributed by atoms with E-state index in [0.717, 1.165) is 27.8 Å². The van der Waals surface area contributed by atoms with Gasteiger partial charge in [0.15, 0.2) is 0 Å². The van der Waals surface area contributed by atoms with Crippen LogP contribution in [0.25, 0.3) is 17.0 Å². The van der Waals surface area contributed by atoms with Crippen LogP contribution in [0.15, 0.2) is 60.8 Å². The topological polar surface area (TPSA) is 50.2 Å². The van der Waals surface area contributed by atoms with E-state index in [1.54, 1.807) is 0 Å². The number of nitrogens with one attached hydrogen (secondary N) is 1. The zero-order valence-corrected chi connectivity index (χ0v) is 21.0. The lowest BCUT2D eigenvalue weighted by atomic mass is 10.00. The third-order valence-corrected chi connectivity index (χ3v) is 6.78. The van der Waals surface area contributed by atoms with E-state index in [0.29, 0.717) is 42.4 Å². The molecule has 0 saturated carbocycles. The second-order valence-corrected chi connectivity index (χ2v) is 9.55. The number of benzene rings is 2. The molecule has 202 valence electrons. The Hall–Kier alpha value is -4.05. The minimum Gasteiger partial charge on any atom is -0.333 e. The van der Waals surface area contributed by atoms with Crippen LogP contribution in [0.1, 0.15) is 33.5 Å². The van der Waals surface area contributed by atoms with Crippen molar-refractivity contribution in [1.82, 2.24) is 19.8 Å². The molecule has 0 aliphatic carbocycles. The molecule has 1 aliphatic rings. The summed E-state index contributed by atoms with van der Waals surface area (Å²) < 4.78 is 71.2. The molecule has 0 atom stereocenters. The number of amides is 1. The molecular formula is C29H25F5N4O. The first-order valence-corrected chi connectivity index (χ1v) is 12.4. The van der Waals surface area contributed by atoms with Crippen molar-refractivity contribution in [2.75, 3.05) is 13.1 Å². The second-order valence-electron chi connectivity index (χ2n) is 9.55. The Morgan fingerprint density at radius 3 is 2.59 bits per heavy atom. The Kier molecular flexibility index (Phi) is 7.22. The van der Waals surface area contributed by atoms with E-state index in [1.807, 2.05) is 48.2 Å². The summed E-state index contributed by atoms with van der Waals surface area (Å²) in [4.78, 5) is 18.7. The van der Waals surface area contributed by atoms with Crippen LogP contribution in [0, 0.1) is 18.7 Å². The molecule has 0 saturated heterocycles. The van der Waals surface area contributed by atoms with Crippen molar-refractivity contribution in [3.8, 4) is 0 Å². The van der Waals surface area contributed by atoms with Gasteiger partial charge in [0.05, 0.1) is 11.1 Å². The van der Waals surface area contributed by atoms with Crippen molar-refractivity contribution in [2.24, 2.45) is 0 Å². The normalized spacial score (nSPS) is 14.2. The zero-order chi connectivity index (χ0) is 27.7. The van der Waals surface area contributed by atoms with E-state index in [-0.39, 0.29) is 24.0 Å². The first-order chi connectivity index (χ1) is 18.6. The molecule has 1 N–H and O–H groups in total. The van der Waals surface area contributed by atoms with Crippen molar-refractivity contribution in [2.45, 2.75) is 32.6 Å². The van der Waals surface area contributed by atoms with Crippen LogP contribution in [-0.2, 0) is 25.7 Å². The molecule has 3 heterocycles. The van der Waals surface area contributed by atoms with Gasteiger partial charge in [0, 0.05) is 49.9 Å². The lowest BCUT2D eigenvalue weighted by molar-refractivity contribution is -0.136. The average molecular weight is 541 g/mol. The lowest BCUT2D eigenvalue weighted by Gasteiger charge is -2.27. The fraction of sp³-hybridized carbons (Fsp3) is 0.241. The van der Waals surface area contributed by atoms with E-state index in [4.69, 9.17) is 0 Å². The van der Waals surface area contributed by atoms with Gasteiger partial charge in [-0.05, 0) is 47.9 Å². The maximum Gasteiger partial charge on any atom is 0.417 e. The number of pyridine rings is 1. The quantitative estimate of drug-likeness (QED) is 0.233. The molecule has 10 heteroatoms. The molecule has 1 amide bonds. The van der Waals surface area contributed by atoms with E-state index in [1.165, 1.54) is 12.3 Å². The number of hydrogen-bond donors (Lipinski definition) is 1. The van der Waals surface area contributed by atoms with Gasteiger partial charge in [0.25, 0.3) is 0 Å². The highest BCUT2D eigenvalue weighted by molar-refractivity contribution is 5.97. The molecule has 0 fully saturated rings. The van der Waals surface area contributed by atoms with Gasteiger partial charge in [-0.1, -0.05) is 42.0 Å². The standard InChI is InChI=1S/C29H25F5N4O/c1-18-4-6-19(7-5-18)3-2-11-37-12-9-24-22(17-37)27-23(29(32,33)34)14-21(30)15-25(27)38(24)28(39)36-16-20-8-10-35-26(31)13-20/h2-8,10,13-15H,9,11-12,16-17H2,1H3,(H,36,39)/b3-2+. The van der Waals surface area contributed by atoms with Gasteiger partial charge >= 0.3 is 12.2 Å². The number of carbonyl (C=O) groups is 1. The number of carbonyl (C=O) groups excluding carboxylic acids is 1. The summed E-state index contributed by atoms with van der Waals surface area (Å²) in [6.45, 7) is 3.06. The predicted molar refractivity (Wildman–Crippen MR) is 138 cm³/mol. The number of fused-ring (bicyclic) bond motifs is 3. The van der Waals surface area contributed by atoms with Crippen LogP contribution < -0.4 is 5.32 Å². The second kappa shape index (κ2) is 10.6. The summed E-state index contributed by atoms with van der Waals surface area (Å²) in [5.74, 6) is -1.81. The molecule has 39 heavy (non-hydrogen) atoms. The zero-order valence-electron chi connectivity index (χ0n) is 21.0. The molecule has 2 aromatic carbocycles. The van der Waals surface area contributed by atoms with E-state index in [9.17, 15) is 26.7 Å². The van der Waals surface area contributed by atoms with Crippen LogP contribution in [0.2, 0.25) is 0 Å². The molecule has 0 radical (unpaired) electrons. The average Bonchev–Trinajstić information content (AvgIpc) is 3.20. The highest BCUT2D eigenvalue weighted by Crippen LogP contribution is 2.41. The number of halogens is 5. The Morgan fingerprint density at radius 2 is 1.87 bits per heavy atom. The lowest BCUT2D eigenvalue weighted by Crippen LogP contribution is -2.34. The number of rotatable bonds is 5. The third-order valence-electron chi connectivity index (χ3n) is 6.78. The fourth-order valence-electron chi connectivity index (χ4n) is 4.95. The van der Waals surface area contributed by atoms with Crippen LogP contribution >= 0.6 is 0 Å². The molecule has 4 aromatic rings. The monoisotopic (exact) mass is 540 g/mol. The maximum atomic E-state index is 14.4. The van der Waals surface area contributed by atoms with Gasteiger partial charge < -0.3 is 5.32 Å². The van der Waals surface area contributed by atoms with Gasteiger partial charge in [-0.3, -0.25) is 9.47 Å². The van der Waals surface area contributed by atoms with Crippen molar-refractivity contribution in [3.05, 3.63) is 106 Å². The fourth-order valence-corrected chi connectivity index (χ4v) is 4.95. The first-order valence-electron chi connectivity index (χ1n) is 12.4. The molecule has 0 bridgehead atoms. The number of alkyl halides is 3. The number of aromatic nitrogens is 2. The third kappa shape index (κ3) is 5.70. The summed E-state index contributed by atoms with van der Waals surface area (Å²) >= 11 is 0. The molecule has 2 aromatic heterocycles. The van der Waals surface area contributed by atoms with Crippen molar-refractivity contribution in [3.63, 3.8) is 0 Å². The van der Waals surface area contributed by atoms with Gasteiger partial charge in [0.1, 0.15) is 5.82 Å². The highest BCUT2D eigenvalue weighted by atomic mass is 19.4. The summed E-state index contributed by atoms with van der Waals surface area (Å²) in [5.41, 5.74) is 2.05. The van der Waals surface area contributed by atoms with Gasteiger partial charge in [0.2, 0.25) is 5.95 Å². The number of nitrogens with zero attached hydrogens (tertiary/aromatic N) is 3. The van der Waals surface area contributed by atoms with Gasteiger partial charge in [-0.25, -0.2) is 14.2 Å². The summed E-state index contributed by atoms with van der Waals surface area (Å²) in [5, 5.41) is 2.43. The summed E-state index contributed by atoms with van der Waals surface area (Å²) in [6, 6.07) is 11.3. The van der Waals surface area contributed by atoms with Crippen LogP contribution in [-0.4, -0.2) is 33.6 Å². The molecule has 0 spiro atoms. The minimum atomic E-state index is -4.82. The first kappa shape index (κ1) is 26.6. The summed E-state index contributed by atoms with van der Waals surface area (Å²) in [6.07, 6.45) is 0.609. The minimum absolute atomic E-state index is 0.0793. The Morgan fingerprint density at radius 1 is 1.10 bits per heavy atom. The van der Waals surface area contributed by atoms with Gasteiger partial charge in [-0.2, -0.15) is 17.6 Å². The maximum absolute atomic E-state index is 14.4. The van der Waals surface area contributed by atoms with Crippen molar-refractivity contribution < 1.29 is 26.7 Å². The molecular weight excluding hydrogens is 515 g/mol. The highest BCUT2D eigenvalue weighted by Gasteiger charge is 2.38. The van der Waals surface area contributed by atoms with Crippen LogP contribution in [0.4, 0.5) is 26.7 Å². The Bertz CT molecular complexity index is 1560. The molecule has 5 nitrogen and oxygen atoms in total. The number of hydrogen-bond acceptors (Lipinski definition) is 3. The summed E-state index contributed by atoms with van der Waals surface area (Å²) in [7, 11) is 0. The van der Waals surface area contributed by atoms with Crippen LogP contribution in [0.5, 0.6) is 0 Å². The predicted octanol–water partition coefficient (Wildman–Crippen LogP) is 6.47. The van der Waals surface area contributed by atoms with Gasteiger partial charge in [-0.15, -0.1) is 0 Å². The van der Waals surface area contributed by atoms with E-state index < -0.39 is 29.5 Å². The SMILES string of the molecule is Cc1ccc(/C=C/CN2CCc3c(c4c(C(F)(F)F)cc(F)cc4n3C(=O)NCc3ccnc(F)c3)C2)cc1. The largest absolute Gasteiger partial charge is 0.417 e. The van der Waals surface area contributed by atoms with Crippen molar-refractivity contribution >= 4 is 23.0 Å². The Balaban J connectivity index is 1.48. The van der Waals surface area contributed by atoms with Crippen LogP contribution in [0.3, 0.4) is 0 Å². The van der Waals surface area contributed by atoms with E-state index in [2.05, 4.69) is 10.3 Å². The molecule has 1 aliphatic heterocycles. The molecule has 0 unspecified atom stereocenters. The molecule has 5 rings (SSSR count).